The van der Waals surface area contributed by atoms with E-state index in [1.54, 1.807) is 19.4 Å². The van der Waals surface area contributed by atoms with Crippen molar-refractivity contribution in [2.24, 2.45) is 4.99 Å². The molecule has 0 bridgehead atoms. The van der Waals surface area contributed by atoms with E-state index in [9.17, 15) is 4.39 Å². The fourth-order valence-electron chi connectivity index (χ4n) is 2.37. The second-order valence-corrected chi connectivity index (χ2v) is 5.34. The van der Waals surface area contributed by atoms with Crippen molar-refractivity contribution in [1.82, 2.24) is 25.4 Å². The lowest BCUT2D eigenvalue weighted by Gasteiger charge is -2.13. The Morgan fingerprint density at radius 3 is 2.77 bits per heavy atom. The molecule has 0 fully saturated rings. The Labute approximate surface area is 170 Å². The zero-order valence-electron chi connectivity index (χ0n) is 15.3. The molecule has 0 spiro atoms. The van der Waals surface area contributed by atoms with Crippen LogP contribution in [-0.2, 0) is 19.5 Å². The van der Waals surface area contributed by atoms with Crippen LogP contribution in [0.5, 0.6) is 5.75 Å². The summed E-state index contributed by atoms with van der Waals surface area (Å²) in [6.45, 7) is 6.21. The highest BCUT2D eigenvalue weighted by molar-refractivity contribution is 14.0. The highest BCUT2D eigenvalue weighted by atomic mass is 127. The van der Waals surface area contributed by atoms with Crippen LogP contribution in [0.4, 0.5) is 4.39 Å². The molecule has 1 heterocycles. The van der Waals surface area contributed by atoms with Gasteiger partial charge < -0.3 is 19.9 Å². The summed E-state index contributed by atoms with van der Waals surface area (Å²) in [5.41, 5.74) is 0.816. The molecule has 0 aliphatic carbocycles. The van der Waals surface area contributed by atoms with Gasteiger partial charge in [-0.2, -0.15) is 0 Å². The van der Waals surface area contributed by atoms with Crippen LogP contribution in [0, 0.1) is 5.82 Å². The second kappa shape index (κ2) is 11.7. The van der Waals surface area contributed by atoms with Gasteiger partial charge in [-0.05, 0) is 24.6 Å². The molecule has 7 nitrogen and oxygen atoms in total. The molecule has 2 rings (SSSR count). The van der Waals surface area contributed by atoms with Gasteiger partial charge in [-0.3, -0.25) is 4.99 Å². The molecule has 0 saturated carbocycles. The minimum atomic E-state index is -0.358. The van der Waals surface area contributed by atoms with E-state index in [0.29, 0.717) is 25.7 Å². The van der Waals surface area contributed by atoms with Gasteiger partial charge in [0.05, 0.1) is 6.61 Å². The number of aromatic nitrogens is 3. The molecule has 0 radical (unpaired) electrons. The lowest BCUT2D eigenvalue weighted by molar-refractivity contribution is 0.321. The molecule has 0 saturated heterocycles. The number of guanidine groups is 1. The maximum atomic E-state index is 13.9. The Hall–Kier alpha value is -1.91. The minimum absolute atomic E-state index is 0. The fourth-order valence-corrected chi connectivity index (χ4v) is 2.37. The summed E-state index contributed by atoms with van der Waals surface area (Å²) in [6, 6.07) is 4.94. The molecule has 2 N–H and O–H groups in total. The normalized spacial score (nSPS) is 11.0. The molecule has 0 amide bonds. The van der Waals surface area contributed by atoms with Crippen LogP contribution in [0.2, 0.25) is 0 Å². The Kier molecular flexibility index (Phi) is 9.92. The largest absolute Gasteiger partial charge is 0.491 e. The number of hydrogen-bond acceptors (Lipinski definition) is 4. The van der Waals surface area contributed by atoms with Gasteiger partial charge in [0.15, 0.2) is 17.5 Å². The van der Waals surface area contributed by atoms with Crippen LogP contribution in [0.3, 0.4) is 0 Å². The Balaban J connectivity index is 0.00000338. The van der Waals surface area contributed by atoms with E-state index in [1.807, 2.05) is 24.5 Å². The number of halogens is 2. The van der Waals surface area contributed by atoms with E-state index in [0.717, 1.165) is 24.4 Å². The molecular weight excluding hydrogens is 450 g/mol. The van der Waals surface area contributed by atoms with Crippen molar-refractivity contribution in [2.75, 3.05) is 20.2 Å². The first-order chi connectivity index (χ1) is 12.2. The summed E-state index contributed by atoms with van der Waals surface area (Å²) >= 11 is 0. The average molecular weight is 476 g/mol. The van der Waals surface area contributed by atoms with Crippen LogP contribution < -0.4 is 15.4 Å². The van der Waals surface area contributed by atoms with Gasteiger partial charge in [-0.25, -0.2) is 4.39 Å². The minimum Gasteiger partial charge on any atom is -0.491 e. The predicted molar refractivity (Wildman–Crippen MR) is 111 cm³/mol. The number of aryl methyl sites for hydroxylation is 1. The summed E-state index contributed by atoms with van der Waals surface area (Å²) in [4.78, 5) is 4.17. The summed E-state index contributed by atoms with van der Waals surface area (Å²) in [5.74, 6) is 1.52. The first-order valence-corrected chi connectivity index (χ1v) is 8.40. The van der Waals surface area contributed by atoms with Gasteiger partial charge in [0.25, 0.3) is 0 Å². The average Bonchev–Trinajstić information content (AvgIpc) is 3.07. The molecule has 26 heavy (non-hydrogen) atoms. The summed E-state index contributed by atoms with van der Waals surface area (Å²) < 4.78 is 21.1. The third kappa shape index (κ3) is 6.43. The molecule has 0 atom stereocenters. The van der Waals surface area contributed by atoms with Crippen molar-refractivity contribution in [2.45, 2.75) is 33.4 Å². The Bertz CT molecular complexity index is 706. The van der Waals surface area contributed by atoms with Crippen LogP contribution in [-0.4, -0.2) is 40.9 Å². The van der Waals surface area contributed by atoms with Gasteiger partial charge in [-0.1, -0.05) is 13.0 Å². The van der Waals surface area contributed by atoms with Crippen molar-refractivity contribution in [3.05, 3.63) is 41.7 Å². The Morgan fingerprint density at radius 2 is 2.12 bits per heavy atom. The van der Waals surface area contributed by atoms with Crippen LogP contribution in [0.25, 0.3) is 0 Å². The van der Waals surface area contributed by atoms with E-state index in [4.69, 9.17) is 4.74 Å². The highest BCUT2D eigenvalue weighted by Gasteiger charge is 2.06. The molecule has 0 aliphatic rings. The number of ether oxygens (including phenoxy) is 1. The molecule has 1 aromatic carbocycles. The predicted octanol–water partition coefficient (Wildman–Crippen LogP) is 2.36. The van der Waals surface area contributed by atoms with Gasteiger partial charge >= 0.3 is 0 Å². The molecule has 144 valence electrons. The maximum Gasteiger partial charge on any atom is 0.191 e. The monoisotopic (exact) mass is 476 g/mol. The molecule has 1 aromatic heterocycles. The number of aliphatic imine (C=N–C) groups is 1. The maximum absolute atomic E-state index is 13.9. The summed E-state index contributed by atoms with van der Waals surface area (Å²) in [6.07, 6.45) is 2.57. The van der Waals surface area contributed by atoms with Gasteiger partial charge in [0.2, 0.25) is 0 Å². The van der Waals surface area contributed by atoms with E-state index in [2.05, 4.69) is 25.8 Å². The lowest BCUT2D eigenvalue weighted by Crippen LogP contribution is -2.38. The van der Waals surface area contributed by atoms with E-state index in [1.165, 1.54) is 6.07 Å². The fraction of sp³-hybridized carbons (Fsp3) is 0.471. The topological polar surface area (TPSA) is 76.4 Å². The van der Waals surface area contributed by atoms with Crippen LogP contribution in [0.15, 0.2) is 29.5 Å². The number of nitrogens with zero attached hydrogens (tertiary/aromatic N) is 4. The van der Waals surface area contributed by atoms with E-state index >= 15 is 0 Å². The third-order valence-electron chi connectivity index (χ3n) is 3.64. The third-order valence-corrected chi connectivity index (χ3v) is 3.64. The first-order valence-electron chi connectivity index (χ1n) is 8.40. The van der Waals surface area contributed by atoms with Gasteiger partial charge in [0, 0.05) is 33.1 Å². The van der Waals surface area contributed by atoms with E-state index < -0.39 is 0 Å². The molecule has 0 unspecified atom stereocenters. The van der Waals surface area contributed by atoms with Gasteiger partial charge in [-0.15, -0.1) is 34.2 Å². The second-order valence-electron chi connectivity index (χ2n) is 5.34. The quantitative estimate of drug-likeness (QED) is 0.348. The van der Waals surface area contributed by atoms with Crippen LogP contribution in [0.1, 0.15) is 25.2 Å². The van der Waals surface area contributed by atoms with Crippen molar-refractivity contribution in [3.63, 3.8) is 0 Å². The summed E-state index contributed by atoms with van der Waals surface area (Å²) in [7, 11) is 1.70. The van der Waals surface area contributed by atoms with Crippen molar-refractivity contribution < 1.29 is 9.13 Å². The molecule has 0 aliphatic heterocycles. The standard InChI is InChI=1S/C17H25FN6O.HI/c1-4-16-23-22-12-24(16)9-8-20-17(19-3)21-11-13-6-7-15(25-5-2)14(18)10-13;/h6-7,10,12H,4-5,8-9,11H2,1-3H3,(H2,19,20,21);1H. The molecular formula is C17H26FIN6O. The number of nitrogens with one attached hydrogen (secondary N) is 2. The zero-order chi connectivity index (χ0) is 18.1. The smallest absolute Gasteiger partial charge is 0.191 e. The highest BCUT2D eigenvalue weighted by Crippen LogP contribution is 2.18. The lowest BCUT2D eigenvalue weighted by atomic mass is 10.2. The zero-order valence-corrected chi connectivity index (χ0v) is 17.7. The van der Waals surface area contributed by atoms with E-state index in [-0.39, 0.29) is 35.5 Å². The van der Waals surface area contributed by atoms with Crippen molar-refractivity contribution >= 4 is 29.9 Å². The number of hydrogen-bond donors (Lipinski definition) is 2. The first kappa shape index (κ1) is 22.1. The molecule has 2 aromatic rings. The number of rotatable bonds is 8. The van der Waals surface area contributed by atoms with Crippen molar-refractivity contribution in [1.29, 1.82) is 0 Å². The Morgan fingerprint density at radius 1 is 1.31 bits per heavy atom. The van der Waals surface area contributed by atoms with Gasteiger partial charge in [0.1, 0.15) is 12.2 Å². The van der Waals surface area contributed by atoms with Crippen LogP contribution >= 0.6 is 24.0 Å². The number of benzene rings is 1. The SMILES string of the molecule is CCOc1ccc(CNC(=NC)NCCn2cnnc2CC)cc1F.I. The summed E-state index contributed by atoms with van der Waals surface area (Å²) in [5, 5.41) is 14.3. The molecule has 9 heteroatoms. The van der Waals surface area contributed by atoms with Crippen molar-refractivity contribution in [3.8, 4) is 5.75 Å².